The Hall–Kier alpha value is -2.61. The molecule has 1 heterocycles. The van der Waals surface area contributed by atoms with E-state index in [4.69, 9.17) is 11.6 Å². The van der Waals surface area contributed by atoms with Crippen LogP contribution in [0.15, 0.2) is 53.4 Å². The van der Waals surface area contributed by atoms with E-state index in [1.54, 1.807) is 6.07 Å². The maximum atomic E-state index is 13.3. The molecule has 0 radical (unpaired) electrons. The number of halogens is 2. The molecule has 13 heteroatoms. The topological polar surface area (TPSA) is 145 Å². The van der Waals surface area contributed by atoms with Crippen LogP contribution in [0.4, 0.5) is 4.39 Å². The summed E-state index contributed by atoms with van der Waals surface area (Å²) < 4.78 is 41.6. The first-order chi connectivity index (χ1) is 17.9. The summed E-state index contributed by atoms with van der Waals surface area (Å²) in [6, 6.07) is 9.63. The lowest BCUT2D eigenvalue weighted by Crippen LogP contribution is -2.53. The van der Waals surface area contributed by atoms with E-state index in [1.165, 1.54) is 11.3 Å². The maximum Gasteiger partial charge on any atom is 0.262 e. The molecule has 0 bridgehead atoms. The molecule has 1 aromatic heterocycles. The summed E-state index contributed by atoms with van der Waals surface area (Å²) in [5.74, 6) is -1.67. The lowest BCUT2D eigenvalue weighted by Gasteiger charge is -2.24. The predicted molar refractivity (Wildman–Crippen MR) is 144 cm³/mol. The molecule has 38 heavy (non-hydrogen) atoms. The highest BCUT2D eigenvalue weighted by molar-refractivity contribution is 7.89. The molecule has 0 aliphatic carbocycles. The molecule has 0 spiro atoms. The van der Waals surface area contributed by atoms with Gasteiger partial charge in [-0.3, -0.25) is 9.59 Å². The molecular formula is C25H29ClFN3O6S2. The number of rotatable bonds is 12. The molecule has 0 saturated heterocycles. The van der Waals surface area contributed by atoms with Gasteiger partial charge < -0.3 is 20.8 Å². The summed E-state index contributed by atoms with van der Waals surface area (Å²) in [6.45, 7) is 2.56. The Balaban J connectivity index is 1.64. The van der Waals surface area contributed by atoms with Crippen molar-refractivity contribution in [1.82, 2.24) is 15.4 Å². The van der Waals surface area contributed by atoms with Crippen LogP contribution in [-0.2, 0) is 14.8 Å². The molecule has 3 atom stereocenters. The van der Waals surface area contributed by atoms with Gasteiger partial charge in [-0.15, -0.1) is 11.3 Å². The number of amides is 2. The van der Waals surface area contributed by atoms with Gasteiger partial charge in [0, 0.05) is 11.2 Å². The summed E-state index contributed by atoms with van der Waals surface area (Å²) in [5, 5.41) is 26.0. The number of aliphatic hydroxyl groups is 2. The molecule has 2 unspecified atom stereocenters. The minimum Gasteiger partial charge on any atom is -0.395 e. The average molecular weight is 586 g/mol. The molecule has 0 saturated carbocycles. The first kappa shape index (κ1) is 29.9. The zero-order valence-electron chi connectivity index (χ0n) is 20.6. The highest BCUT2D eigenvalue weighted by Gasteiger charge is 2.29. The number of hydrogen-bond acceptors (Lipinski definition) is 7. The standard InChI is InChI=1S/C25H29ClFN3O6S2/c1-14(2)9-18(29-25(34)22-10-15-5-3-4-6-21(15)37-22)24(33)28-12-20(32)19(13-31)30-38(35,36)23-8-7-16(27)11-17(23)26/h3-8,10-11,14,18-20,30-32H,9,12-13H2,1-2H3,(H,28,33)(H,29,34)/t18-,19?,20?/m0/s1. The molecule has 206 valence electrons. The van der Waals surface area contributed by atoms with Crippen molar-refractivity contribution < 1.29 is 32.6 Å². The van der Waals surface area contributed by atoms with Gasteiger partial charge in [0.1, 0.15) is 16.8 Å². The highest BCUT2D eigenvalue weighted by Crippen LogP contribution is 2.25. The number of carbonyl (C=O) groups is 2. The van der Waals surface area contributed by atoms with Crippen LogP contribution in [0.2, 0.25) is 5.02 Å². The van der Waals surface area contributed by atoms with Crippen molar-refractivity contribution in [1.29, 1.82) is 0 Å². The number of hydrogen-bond donors (Lipinski definition) is 5. The van der Waals surface area contributed by atoms with E-state index >= 15 is 0 Å². The smallest absolute Gasteiger partial charge is 0.262 e. The molecule has 5 N–H and O–H groups in total. The van der Waals surface area contributed by atoms with Gasteiger partial charge in [0.2, 0.25) is 15.9 Å². The van der Waals surface area contributed by atoms with E-state index in [0.717, 1.165) is 28.3 Å². The maximum absolute atomic E-state index is 13.3. The van der Waals surface area contributed by atoms with Gasteiger partial charge in [0.25, 0.3) is 5.91 Å². The van der Waals surface area contributed by atoms with E-state index in [2.05, 4.69) is 15.4 Å². The van der Waals surface area contributed by atoms with Crippen LogP contribution < -0.4 is 15.4 Å². The van der Waals surface area contributed by atoms with Crippen molar-refractivity contribution in [2.45, 2.75) is 43.4 Å². The predicted octanol–water partition coefficient (Wildman–Crippen LogP) is 2.65. The van der Waals surface area contributed by atoms with Gasteiger partial charge in [-0.05, 0) is 48.1 Å². The Bertz CT molecular complexity index is 1370. The van der Waals surface area contributed by atoms with Crippen molar-refractivity contribution in [3.8, 4) is 0 Å². The van der Waals surface area contributed by atoms with E-state index in [1.807, 2.05) is 38.1 Å². The molecule has 0 fully saturated rings. The third-order valence-corrected chi connectivity index (χ3v) is 8.70. The largest absolute Gasteiger partial charge is 0.395 e. The Morgan fingerprint density at radius 3 is 2.47 bits per heavy atom. The summed E-state index contributed by atoms with van der Waals surface area (Å²) in [4.78, 5) is 25.8. The molecule has 0 aliphatic heterocycles. The number of aliphatic hydroxyl groups excluding tert-OH is 2. The van der Waals surface area contributed by atoms with Crippen molar-refractivity contribution in [3.05, 3.63) is 64.2 Å². The summed E-state index contributed by atoms with van der Waals surface area (Å²) >= 11 is 7.13. The number of thiophene rings is 1. The molecule has 0 aliphatic rings. The third-order valence-electron chi connectivity index (χ3n) is 5.61. The fraction of sp³-hybridized carbons (Fsp3) is 0.360. The summed E-state index contributed by atoms with van der Waals surface area (Å²) in [7, 11) is -4.33. The number of nitrogens with one attached hydrogen (secondary N) is 3. The monoisotopic (exact) mass is 585 g/mol. The molecule has 3 rings (SSSR count). The number of benzene rings is 2. The number of sulfonamides is 1. The average Bonchev–Trinajstić information content (AvgIpc) is 3.29. The Morgan fingerprint density at radius 2 is 1.84 bits per heavy atom. The van der Waals surface area contributed by atoms with Crippen molar-refractivity contribution >= 4 is 54.9 Å². The van der Waals surface area contributed by atoms with Gasteiger partial charge in [-0.25, -0.2) is 17.5 Å². The van der Waals surface area contributed by atoms with Crippen LogP contribution in [0.5, 0.6) is 0 Å². The summed E-state index contributed by atoms with van der Waals surface area (Å²) in [6.07, 6.45) is -1.21. The molecular weight excluding hydrogens is 557 g/mol. The van der Waals surface area contributed by atoms with Crippen molar-refractivity contribution in [2.24, 2.45) is 5.92 Å². The Labute approximate surface area is 229 Å². The normalized spacial score (nSPS) is 14.3. The van der Waals surface area contributed by atoms with E-state index in [0.29, 0.717) is 11.3 Å². The van der Waals surface area contributed by atoms with Gasteiger partial charge in [0.05, 0.1) is 28.7 Å². The van der Waals surface area contributed by atoms with Gasteiger partial charge >= 0.3 is 0 Å². The Morgan fingerprint density at radius 1 is 1.13 bits per heavy atom. The lowest BCUT2D eigenvalue weighted by atomic mass is 10.0. The Kier molecular flexibility index (Phi) is 10.2. The van der Waals surface area contributed by atoms with Crippen LogP contribution in [0, 0.1) is 11.7 Å². The first-order valence-corrected chi connectivity index (χ1v) is 14.4. The number of fused-ring (bicyclic) bond motifs is 1. The van der Waals surface area contributed by atoms with Gasteiger partial charge in [-0.2, -0.15) is 0 Å². The SMILES string of the molecule is CC(C)C[C@H](NC(=O)c1cc2ccccc2s1)C(=O)NCC(O)C(CO)NS(=O)(=O)c1ccc(F)cc1Cl. The highest BCUT2D eigenvalue weighted by atomic mass is 35.5. The van der Waals surface area contributed by atoms with Crippen LogP contribution in [0.3, 0.4) is 0 Å². The molecule has 9 nitrogen and oxygen atoms in total. The minimum absolute atomic E-state index is 0.0517. The second-order valence-electron chi connectivity index (χ2n) is 9.10. The fourth-order valence-corrected chi connectivity index (χ4v) is 6.45. The van der Waals surface area contributed by atoms with Crippen molar-refractivity contribution in [3.63, 3.8) is 0 Å². The zero-order chi connectivity index (χ0) is 28.0. The van der Waals surface area contributed by atoms with Crippen LogP contribution in [0.1, 0.15) is 29.9 Å². The van der Waals surface area contributed by atoms with Crippen LogP contribution >= 0.6 is 22.9 Å². The zero-order valence-corrected chi connectivity index (χ0v) is 23.0. The van der Waals surface area contributed by atoms with E-state index < -0.39 is 63.9 Å². The minimum atomic E-state index is -4.33. The van der Waals surface area contributed by atoms with Gasteiger partial charge in [0.15, 0.2) is 0 Å². The second-order valence-corrected chi connectivity index (χ2v) is 12.3. The summed E-state index contributed by atoms with van der Waals surface area (Å²) in [5.41, 5.74) is 0. The van der Waals surface area contributed by atoms with Crippen LogP contribution in [0.25, 0.3) is 10.1 Å². The van der Waals surface area contributed by atoms with E-state index in [9.17, 15) is 32.6 Å². The molecule has 3 aromatic rings. The fourth-order valence-electron chi connectivity index (χ4n) is 3.69. The second kappa shape index (κ2) is 13.0. The third kappa shape index (κ3) is 7.71. The number of carbonyl (C=O) groups excluding carboxylic acids is 2. The van der Waals surface area contributed by atoms with E-state index in [-0.39, 0.29) is 10.9 Å². The molecule has 2 amide bonds. The lowest BCUT2D eigenvalue weighted by molar-refractivity contribution is -0.123. The van der Waals surface area contributed by atoms with Crippen molar-refractivity contribution in [2.75, 3.05) is 13.2 Å². The molecule has 2 aromatic carbocycles. The first-order valence-electron chi connectivity index (χ1n) is 11.7. The quantitative estimate of drug-likeness (QED) is 0.221. The van der Waals surface area contributed by atoms with Gasteiger partial charge in [-0.1, -0.05) is 43.6 Å². The van der Waals surface area contributed by atoms with Crippen LogP contribution in [-0.4, -0.2) is 61.8 Å².